The summed E-state index contributed by atoms with van der Waals surface area (Å²) in [5.74, 6) is 0.942. The number of aliphatic hydroxyl groups is 1. The zero-order valence-corrected chi connectivity index (χ0v) is 8.93. The molecule has 0 saturated carbocycles. The number of nitrogens with one attached hydrogen (secondary N) is 1. The van der Waals surface area contributed by atoms with E-state index in [2.05, 4.69) is 10.3 Å². The molecule has 0 amide bonds. The number of aromatic nitrogens is 1. The molecule has 2 N–H and O–H groups in total. The quantitative estimate of drug-likeness (QED) is 0.830. The van der Waals surface area contributed by atoms with Gasteiger partial charge in [0.15, 0.2) is 6.10 Å². The summed E-state index contributed by atoms with van der Waals surface area (Å²) in [4.78, 5) is 3.98. The van der Waals surface area contributed by atoms with E-state index in [9.17, 15) is 13.2 Å². The summed E-state index contributed by atoms with van der Waals surface area (Å²) in [7, 11) is 0. The molecule has 1 rings (SSSR count). The van der Waals surface area contributed by atoms with Crippen LogP contribution in [-0.2, 0) is 6.54 Å². The Morgan fingerprint density at radius 3 is 2.50 bits per heavy atom. The summed E-state index contributed by atoms with van der Waals surface area (Å²) in [6.07, 6.45) is -6.97. The van der Waals surface area contributed by atoms with Crippen molar-refractivity contribution in [2.45, 2.75) is 32.7 Å². The second-order valence-corrected chi connectivity index (χ2v) is 3.44. The number of hydrogen-bond acceptors (Lipinski definition) is 4. The first-order valence-corrected chi connectivity index (χ1v) is 4.69. The first kappa shape index (κ1) is 13.0. The van der Waals surface area contributed by atoms with Gasteiger partial charge in [0.2, 0.25) is 5.89 Å². The molecule has 92 valence electrons. The highest BCUT2D eigenvalue weighted by Gasteiger charge is 2.37. The third-order valence-electron chi connectivity index (χ3n) is 2.06. The highest BCUT2D eigenvalue weighted by atomic mass is 19.4. The van der Waals surface area contributed by atoms with Gasteiger partial charge in [-0.15, -0.1) is 0 Å². The summed E-state index contributed by atoms with van der Waals surface area (Å²) >= 11 is 0. The van der Waals surface area contributed by atoms with E-state index in [1.807, 2.05) is 0 Å². The Labute approximate surface area is 90.5 Å². The maximum absolute atomic E-state index is 11.9. The van der Waals surface area contributed by atoms with Crippen LogP contribution < -0.4 is 5.32 Å². The van der Waals surface area contributed by atoms with Crippen LogP contribution in [0, 0.1) is 13.8 Å². The second kappa shape index (κ2) is 4.84. The first-order chi connectivity index (χ1) is 7.30. The van der Waals surface area contributed by atoms with Crippen molar-refractivity contribution < 1.29 is 22.7 Å². The predicted octanol–water partition coefficient (Wildman–Crippen LogP) is 1.30. The minimum atomic E-state index is -4.60. The van der Waals surface area contributed by atoms with Gasteiger partial charge in [-0.05, 0) is 13.8 Å². The Bertz CT molecular complexity index is 330. The predicted molar refractivity (Wildman–Crippen MR) is 49.7 cm³/mol. The highest BCUT2D eigenvalue weighted by molar-refractivity contribution is 5.05. The molecule has 0 bridgehead atoms. The number of aryl methyl sites for hydroxylation is 2. The Kier molecular flexibility index (Phi) is 3.93. The van der Waals surface area contributed by atoms with Crippen LogP contribution >= 0.6 is 0 Å². The van der Waals surface area contributed by atoms with Gasteiger partial charge in [-0.25, -0.2) is 4.98 Å². The van der Waals surface area contributed by atoms with Gasteiger partial charge >= 0.3 is 6.18 Å². The molecule has 1 aromatic rings. The van der Waals surface area contributed by atoms with Crippen molar-refractivity contribution in [3.8, 4) is 0 Å². The number of oxazole rings is 1. The maximum atomic E-state index is 11.9. The van der Waals surface area contributed by atoms with E-state index < -0.39 is 18.8 Å². The monoisotopic (exact) mass is 238 g/mol. The molecule has 0 aromatic carbocycles. The van der Waals surface area contributed by atoms with Crippen LogP contribution in [0.3, 0.4) is 0 Å². The van der Waals surface area contributed by atoms with Crippen molar-refractivity contribution in [1.82, 2.24) is 10.3 Å². The number of alkyl halides is 3. The lowest BCUT2D eigenvalue weighted by molar-refractivity contribution is -0.201. The average molecular weight is 238 g/mol. The fourth-order valence-corrected chi connectivity index (χ4v) is 1.05. The molecule has 0 aliphatic heterocycles. The highest BCUT2D eigenvalue weighted by Crippen LogP contribution is 2.19. The summed E-state index contributed by atoms with van der Waals surface area (Å²) in [5, 5.41) is 11.1. The third kappa shape index (κ3) is 3.49. The van der Waals surface area contributed by atoms with Crippen molar-refractivity contribution in [3.05, 3.63) is 17.3 Å². The van der Waals surface area contributed by atoms with Crippen LogP contribution in [0.15, 0.2) is 4.42 Å². The lowest BCUT2D eigenvalue weighted by atomic mass is 10.3. The summed E-state index contributed by atoms with van der Waals surface area (Å²) in [5.41, 5.74) is 0.702. The SMILES string of the molecule is Cc1nc(CNCC(O)C(F)(F)F)oc1C. The normalized spacial score (nSPS) is 14.1. The molecule has 1 aromatic heterocycles. The molecular formula is C9H13F3N2O2. The van der Waals surface area contributed by atoms with Gasteiger partial charge in [-0.1, -0.05) is 0 Å². The smallest absolute Gasteiger partial charge is 0.415 e. The fourth-order valence-electron chi connectivity index (χ4n) is 1.05. The van der Waals surface area contributed by atoms with Gasteiger partial charge in [0, 0.05) is 6.54 Å². The molecule has 0 spiro atoms. The number of halogens is 3. The van der Waals surface area contributed by atoms with Crippen molar-refractivity contribution in [1.29, 1.82) is 0 Å². The van der Waals surface area contributed by atoms with Gasteiger partial charge in [-0.2, -0.15) is 13.2 Å². The number of hydrogen-bond donors (Lipinski definition) is 2. The van der Waals surface area contributed by atoms with Gasteiger partial charge < -0.3 is 14.8 Å². The molecule has 1 atom stereocenters. The lowest BCUT2D eigenvalue weighted by Crippen LogP contribution is -2.38. The van der Waals surface area contributed by atoms with Crippen LogP contribution in [0.5, 0.6) is 0 Å². The molecule has 7 heteroatoms. The van der Waals surface area contributed by atoms with E-state index in [0.29, 0.717) is 17.3 Å². The largest absolute Gasteiger partial charge is 0.444 e. The standard InChI is InChI=1S/C9H13F3N2O2/c1-5-6(2)16-8(14-5)4-13-3-7(15)9(10,11)12/h7,13,15H,3-4H2,1-2H3. The Morgan fingerprint density at radius 2 is 2.06 bits per heavy atom. The van der Waals surface area contributed by atoms with Crippen molar-refractivity contribution in [2.75, 3.05) is 6.54 Å². The Balaban J connectivity index is 2.36. The van der Waals surface area contributed by atoms with Crippen LogP contribution in [-0.4, -0.2) is 28.9 Å². The molecule has 16 heavy (non-hydrogen) atoms. The minimum absolute atomic E-state index is 0.0574. The van der Waals surface area contributed by atoms with Gasteiger partial charge in [0.25, 0.3) is 0 Å². The van der Waals surface area contributed by atoms with Crippen LogP contribution in [0.25, 0.3) is 0 Å². The summed E-state index contributed by atoms with van der Waals surface area (Å²) in [6.45, 7) is 2.94. The molecular weight excluding hydrogens is 225 g/mol. The molecule has 0 aliphatic rings. The average Bonchev–Trinajstić information content (AvgIpc) is 2.44. The van der Waals surface area contributed by atoms with Crippen molar-refractivity contribution >= 4 is 0 Å². The zero-order chi connectivity index (χ0) is 12.3. The maximum Gasteiger partial charge on any atom is 0.415 e. The van der Waals surface area contributed by atoms with Gasteiger partial charge in [-0.3, -0.25) is 0 Å². The van der Waals surface area contributed by atoms with E-state index in [0.717, 1.165) is 0 Å². The zero-order valence-electron chi connectivity index (χ0n) is 8.93. The van der Waals surface area contributed by atoms with E-state index in [1.165, 1.54) is 0 Å². The van der Waals surface area contributed by atoms with Crippen LogP contribution in [0.4, 0.5) is 13.2 Å². The number of aliphatic hydroxyl groups excluding tert-OH is 1. The fraction of sp³-hybridized carbons (Fsp3) is 0.667. The second-order valence-electron chi connectivity index (χ2n) is 3.44. The van der Waals surface area contributed by atoms with Crippen LogP contribution in [0.2, 0.25) is 0 Å². The Morgan fingerprint density at radius 1 is 1.44 bits per heavy atom. The number of rotatable bonds is 4. The van der Waals surface area contributed by atoms with Crippen molar-refractivity contribution in [2.24, 2.45) is 0 Å². The third-order valence-corrected chi connectivity index (χ3v) is 2.06. The van der Waals surface area contributed by atoms with Gasteiger partial charge in [0.05, 0.1) is 12.2 Å². The van der Waals surface area contributed by atoms with E-state index >= 15 is 0 Å². The minimum Gasteiger partial charge on any atom is -0.444 e. The molecule has 4 nitrogen and oxygen atoms in total. The van der Waals surface area contributed by atoms with Gasteiger partial charge in [0.1, 0.15) is 5.76 Å². The molecule has 1 unspecified atom stereocenters. The molecule has 0 fully saturated rings. The van der Waals surface area contributed by atoms with E-state index in [1.54, 1.807) is 13.8 Å². The molecule has 0 radical (unpaired) electrons. The topological polar surface area (TPSA) is 58.3 Å². The molecule has 0 aliphatic carbocycles. The van der Waals surface area contributed by atoms with Crippen LogP contribution in [0.1, 0.15) is 17.3 Å². The Hall–Kier alpha value is -1.08. The van der Waals surface area contributed by atoms with Crippen molar-refractivity contribution in [3.63, 3.8) is 0 Å². The number of nitrogens with zero attached hydrogens (tertiary/aromatic N) is 1. The summed E-state index contributed by atoms with van der Waals surface area (Å²) < 4.78 is 40.9. The first-order valence-electron chi connectivity index (χ1n) is 4.69. The van der Waals surface area contributed by atoms with E-state index in [4.69, 9.17) is 9.52 Å². The molecule has 1 heterocycles. The summed E-state index contributed by atoms with van der Waals surface area (Å²) in [6, 6.07) is 0. The molecule has 0 saturated heterocycles. The lowest BCUT2D eigenvalue weighted by Gasteiger charge is -2.14. The van der Waals surface area contributed by atoms with E-state index in [-0.39, 0.29) is 6.54 Å².